The van der Waals surface area contributed by atoms with Gasteiger partial charge < -0.3 is 5.32 Å². The SMILES string of the molecule is CCNC(Cc1cnn(C)c1)c1cn[nH]n1. The number of likely N-dealkylation sites (N-methyl/N-ethyl adjacent to an activating group) is 1. The predicted octanol–water partition coefficient (Wildman–Crippen LogP) is 0.431. The first-order valence-corrected chi connectivity index (χ1v) is 5.36. The van der Waals surface area contributed by atoms with Crippen LogP contribution in [0, 0.1) is 0 Å². The highest BCUT2D eigenvalue weighted by atomic mass is 15.3. The molecule has 0 spiro atoms. The Morgan fingerprint density at radius 1 is 1.50 bits per heavy atom. The minimum absolute atomic E-state index is 0.188. The van der Waals surface area contributed by atoms with Gasteiger partial charge in [0.1, 0.15) is 0 Å². The highest BCUT2D eigenvalue weighted by Gasteiger charge is 2.14. The van der Waals surface area contributed by atoms with E-state index in [1.54, 1.807) is 10.9 Å². The van der Waals surface area contributed by atoms with Crippen molar-refractivity contribution in [3.8, 4) is 0 Å². The fourth-order valence-electron chi connectivity index (χ4n) is 1.72. The van der Waals surface area contributed by atoms with E-state index in [1.165, 1.54) is 5.56 Å². The van der Waals surface area contributed by atoms with Crippen molar-refractivity contribution < 1.29 is 0 Å². The predicted molar refractivity (Wildman–Crippen MR) is 59.7 cm³/mol. The summed E-state index contributed by atoms with van der Waals surface area (Å²) in [6, 6.07) is 0.188. The van der Waals surface area contributed by atoms with E-state index in [1.807, 2.05) is 19.4 Å². The number of hydrogen-bond donors (Lipinski definition) is 2. The van der Waals surface area contributed by atoms with Gasteiger partial charge in [-0.1, -0.05) is 6.92 Å². The molecular formula is C10H16N6. The van der Waals surface area contributed by atoms with E-state index in [0.29, 0.717) is 0 Å². The van der Waals surface area contributed by atoms with Crippen molar-refractivity contribution in [2.45, 2.75) is 19.4 Å². The maximum Gasteiger partial charge on any atom is 0.0997 e. The molecular weight excluding hydrogens is 204 g/mol. The number of nitrogens with zero attached hydrogens (tertiary/aromatic N) is 4. The summed E-state index contributed by atoms with van der Waals surface area (Å²) in [6.07, 6.45) is 6.52. The Hall–Kier alpha value is -1.69. The van der Waals surface area contributed by atoms with Crippen LogP contribution >= 0.6 is 0 Å². The number of rotatable bonds is 5. The van der Waals surface area contributed by atoms with E-state index < -0.39 is 0 Å². The van der Waals surface area contributed by atoms with Crippen molar-refractivity contribution in [1.29, 1.82) is 0 Å². The van der Waals surface area contributed by atoms with Crippen molar-refractivity contribution in [2.75, 3.05) is 6.54 Å². The highest BCUT2D eigenvalue weighted by Crippen LogP contribution is 2.14. The van der Waals surface area contributed by atoms with E-state index in [0.717, 1.165) is 18.7 Å². The zero-order valence-corrected chi connectivity index (χ0v) is 9.51. The maximum absolute atomic E-state index is 4.16. The van der Waals surface area contributed by atoms with E-state index in [9.17, 15) is 0 Å². The third-order valence-corrected chi connectivity index (χ3v) is 2.44. The molecule has 2 heterocycles. The van der Waals surface area contributed by atoms with Crippen LogP contribution in [0.15, 0.2) is 18.6 Å². The molecule has 0 radical (unpaired) electrons. The highest BCUT2D eigenvalue weighted by molar-refractivity contribution is 5.11. The molecule has 0 aliphatic carbocycles. The molecule has 0 amide bonds. The summed E-state index contributed by atoms with van der Waals surface area (Å²) in [4.78, 5) is 0. The van der Waals surface area contributed by atoms with Crippen LogP contribution in [-0.2, 0) is 13.5 Å². The maximum atomic E-state index is 4.16. The van der Waals surface area contributed by atoms with Crippen molar-refractivity contribution in [1.82, 2.24) is 30.5 Å². The van der Waals surface area contributed by atoms with Crippen LogP contribution in [0.4, 0.5) is 0 Å². The minimum Gasteiger partial charge on any atom is -0.309 e. The fraction of sp³-hybridized carbons (Fsp3) is 0.500. The molecule has 0 aliphatic heterocycles. The number of aromatic amines is 1. The monoisotopic (exact) mass is 220 g/mol. The van der Waals surface area contributed by atoms with Gasteiger partial charge in [-0.05, 0) is 18.5 Å². The van der Waals surface area contributed by atoms with Crippen LogP contribution in [0.1, 0.15) is 24.2 Å². The fourth-order valence-corrected chi connectivity index (χ4v) is 1.72. The lowest BCUT2D eigenvalue weighted by Crippen LogP contribution is -2.23. The number of nitrogens with one attached hydrogen (secondary N) is 2. The molecule has 0 aliphatic rings. The quantitative estimate of drug-likeness (QED) is 0.766. The molecule has 1 unspecified atom stereocenters. The lowest BCUT2D eigenvalue weighted by atomic mass is 10.1. The molecule has 0 fully saturated rings. The topological polar surface area (TPSA) is 71.4 Å². The second-order valence-electron chi connectivity index (χ2n) is 3.73. The third kappa shape index (κ3) is 2.46. The normalized spacial score (nSPS) is 12.9. The van der Waals surface area contributed by atoms with Crippen LogP contribution < -0.4 is 5.32 Å². The number of aryl methyl sites for hydroxylation is 1. The van der Waals surface area contributed by atoms with Crippen molar-refractivity contribution in [3.63, 3.8) is 0 Å². The summed E-state index contributed by atoms with van der Waals surface area (Å²) < 4.78 is 1.81. The van der Waals surface area contributed by atoms with Crippen LogP contribution in [0.2, 0.25) is 0 Å². The number of H-pyrrole nitrogens is 1. The Labute approximate surface area is 94.1 Å². The molecule has 2 aromatic rings. The summed E-state index contributed by atoms with van der Waals surface area (Å²) in [5.74, 6) is 0. The first-order valence-electron chi connectivity index (χ1n) is 5.36. The molecule has 16 heavy (non-hydrogen) atoms. The van der Waals surface area contributed by atoms with Crippen molar-refractivity contribution >= 4 is 0 Å². The molecule has 0 aromatic carbocycles. The van der Waals surface area contributed by atoms with Gasteiger partial charge >= 0.3 is 0 Å². The van der Waals surface area contributed by atoms with Crippen molar-refractivity contribution in [3.05, 3.63) is 29.8 Å². The lowest BCUT2D eigenvalue weighted by Gasteiger charge is -2.13. The number of hydrogen-bond acceptors (Lipinski definition) is 4. The van der Waals surface area contributed by atoms with Gasteiger partial charge in [0.2, 0.25) is 0 Å². The average Bonchev–Trinajstić information content (AvgIpc) is 2.88. The van der Waals surface area contributed by atoms with Crippen molar-refractivity contribution in [2.24, 2.45) is 7.05 Å². The Morgan fingerprint density at radius 3 is 2.94 bits per heavy atom. The molecule has 0 saturated heterocycles. The Bertz CT molecular complexity index is 418. The van der Waals surface area contributed by atoms with Gasteiger partial charge in [-0.15, -0.1) is 0 Å². The first-order chi connectivity index (χ1) is 7.79. The molecule has 6 heteroatoms. The molecule has 2 N–H and O–H groups in total. The average molecular weight is 220 g/mol. The van der Waals surface area contributed by atoms with E-state index in [2.05, 4.69) is 32.7 Å². The molecule has 0 saturated carbocycles. The van der Waals surface area contributed by atoms with Gasteiger partial charge in [0.05, 0.1) is 24.1 Å². The third-order valence-electron chi connectivity index (χ3n) is 2.44. The van der Waals surface area contributed by atoms with Crippen LogP contribution in [0.3, 0.4) is 0 Å². The molecule has 86 valence electrons. The van der Waals surface area contributed by atoms with Crippen LogP contribution in [-0.4, -0.2) is 31.7 Å². The molecule has 0 bridgehead atoms. The minimum atomic E-state index is 0.188. The van der Waals surface area contributed by atoms with E-state index >= 15 is 0 Å². The molecule has 2 rings (SSSR count). The summed E-state index contributed by atoms with van der Waals surface area (Å²) in [7, 11) is 1.92. The van der Waals surface area contributed by atoms with Gasteiger partial charge in [0.25, 0.3) is 0 Å². The van der Waals surface area contributed by atoms with Gasteiger partial charge in [-0.2, -0.15) is 20.5 Å². The molecule has 6 nitrogen and oxygen atoms in total. The summed E-state index contributed by atoms with van der Waals surface area (Å²) in [6.45, 7) is 2.98. The van der Waals surface area contributed by atoms with Crippen LogP contribution in [0.5, 0.6) is 0 Å². The Kier molecular flexibility index (Phi) is 3.31. The smallest absolute Gasteiger partial charge is 0.0997 e. The van der Waals surface area contributed by atoms with Crippen LogP contribution in [0.25, 0.3) is 0 Å². The van der Waals surface area contributed by atoms with Gasteiger partial charge in [-0.25, -0.2) is 0 Å². The zero-order valence-electron chi connectivity index (χ0n) is 9.51. The van der Waals surface area contributed by atoms with Gasteiger partial charge in [-0.3, -0.25) is 4.68 Å². The summed E-state index contributed by atoms with van der Waals surface area (Å²) in [5, 5.41) is 18.1. The molecule has 1 atom stereocenters. The van der Waals surface area contributed by atoms with Gasteiger partial charge in [0, 0.05) is 13.2 Å². The van der Waals surface area contributed by atoms with E-state index in [4.69, 9.17) is 0 Å². The number of aromatic nitrogens is 5. The Balaban J connectivity index is 2.09. The van der Waals surface area contributed by atoms with E-state index in [-0.39, 0.29) is 6.04 Å². The second kappa shape index (κ2) is 4.89. The summed E-state index contributed by atoms with van der Waals surface area (Å²) in [5.41, 5.74) is 2.13. The lowest BCUT2D eigenvalue weighted by molar-refractivity contribution is 0.535. The van der Waals surface area contributed by atoms with Gasteiger partial charge in [0.15, 0.2) is 0 Å². The Morgan fingerprint density at radius 2 is 2.38 bits per heavy atom. The molecule has 2 aromatic heterocycles. The standard InChI is InChI=1S/C10H16N6/c1-3-11-9(10-6-12-15-14-10)4-8-5-13-16(2)7-8/h5-7,9,11H,3-4H2,1-2H3,(H,12,14,15). The largest absolute Gasteiger partial charge is 0.309 e. The zero-order chi connectivity index (χ0) is 11.4. The first kappa shape index (κ1) is 10.8. The second-order valence-corrected chi connectivity index (χ2v) is 3.73. The summed E-state index contributed by atoms with van der Waals surface area (Å²) >= 11 is 0.